The van der Waals surface area contributed by atoms with Crippen molar-refractivity contribution in [2.24, 2.45) is 11.8 Å². The van der Waals surface area contributed by atoms with E-state index in [-0.39, 0.29) is 5.41 Å². The molecule has 0 amide bonds. The van der Waals surface area contributed by atoms with Gasteiger partial charge in [-0.15, -0.1) is 0 Å². The zero-order chi connectivity index (χ0) is 17.8. The zero-order valence-corrected chi connectivity index (χ0v) is 15.3. The van der Waals surface area contributed by atoms with Crippen molar-refractivity contribution in [3.63, 3.8) is 0 Å². The maximum Gasteiger partial charge on any atom is 0.0710 e. The molecular formula is C27H22. The third-order valence-electron chi connectivity index (χ3n) is 6.59. The third-order valence-corrected chi connectivity index (χ3v) is 6.59. The summed E-state index contributed by atoms with van der Waals surface area (Å²) in [5.74, 6) is 1.48. The van der Waals surface area contributed by atoms with Crippen LogP contribution in [0.5, 0.6) is 0 Å². The van der Waals surface area contributed by atoms with Crippen molar-refractivity contribution in [2.45, 2.75) is 18.3 Å². The van der Waals surface area contributed by atoms with Crippen LogP contribution in [0.3, 0.4) is 0 Å². The van der Waals surface area contributed by atoms with Crippen molar-refractivity contribution in [2.75, 3.05) is 0 Å². The smallest absolute Gasteiger partial charge is 0.0710 e. The topological polar surface area (TPSA) is 0 Å². The number of fused-ring (bicyclic) bond motifs is 3. The van der Waals surface area contributed by atoms with Crippen molar-refractivity contribution in [3.05, 3.63) is 131 Å². The summed E-state index contributed by atoms with van der Waals surface area (Å²) in [4.78, 5) is 0. The van der Waals surface area contributed by atoms with E-state index in [0.717, 1.165) is 18.3 Å². The van der Waals surface area contributed by atoms with Gasteiger partial charge in [0.2, 0.25) is 0 Å². The summed E-state index contributed by atoms with van der Waals surface area (Å²) < 4.78 is 0. The van der Waals surface area contributed by atoms with E-state index in [1.54, 1.807) is 0 Å². The fourth-order valence-electron chi connectivity index (χ4n) is 5.29. The van der Waals surface area contributed by atoms with Crippen LogP contribution < -0.4 is 0 Å². The zero-order valence-electron chi connectivity index (χ0n) is 15.3. The van der Waals surface area contributed by atoms with Crippen molar-refractivity contribution in [1.82, 2.24) is 0 Å². The van der Waals surface area contributed by atoms with Gasteiger partial charge in [0.1, 0.15) is 0 Å². The van der Waals surface area contributed by atoms with E-state index >= 15 is 0 Å². The van der Waals surface area contributed by atoms with E-state index < -0.39 is 0 Å². The third kappa shape index (κ3) is 2.04. The Morgan fingerprint density at radius 1 is 0.704 bits per heavy atom. The van der Waals surface area contributed by atoms with Crippen LogP contribution in [0.25, 0.3) is 0 Å². The summed E-state index contributed by atoms with van der Waals surface area (Å²) in [5, 5.41) is 0. The highest BCUT2D eigenvalue weighted by atomic mass is 14.5. The highest BCUT2D eigenvalue weighted by Gasteiger charge is 2.52. The van der Waals surface area contributed by atoms with Gasteiger partial charge >= 0.3 is 0 Å². The average molecular weight is 346 g/mol. The van der Waals surface area contributed by atoms with Crippen LogP contribution in [-0.4, -0.2) is 0 Å². The van der Waals surface area contributed by atoms with E-state index in [9.17, 15) is 0 Å². The lowest BCUT2D eigenvalue weighted by molar-refractivity contribution is 0.741. The van der Waals surface area contributed by atoms with Gasteiger partial charge in [0.15, 0.2) is 0 Å². The van der Waals surface area contributed by atoms with Crippen molar-refractivity contribution in [1.29, 1.82) is 0 Å². The number of hydrogen-bond donors (Lipinski definition) is 0. The maximum absolute atomic E-state index is 2.59. The van der Waals surface area contributed by atoms with Gasteiger partial charge in [-0.3, -0.25) is 0 Å². The Labute approximate surface area is 160 Å². The summed E-state index contributed by atoms with van der Waals surface area (Å²) in [6, 6.07) is 22.2. The Hall–Kier alpha value is -2.86. The van der Waals surface area contributed by atoms with Gasteiger partial charge in [-0.05, 0) is 58.1 Å². The van der Waals surface area contributed by atoms with E-state index in [1.807, 2.05) is 0 Å². The molecule has 0 aliphatic heterocycles. The second-order valence-electron chi connectivity index (χ2n) is 8.07. The molecule has 1 saturated carbocycles. The summed E-state index contributed by atoms with van der Waals surface area (Å²) in [6.45, 7) is 0. The molecule has 0 radical (unpaired) electrons. The normalized spacial score (nSPS) is 26.5. The predicted octanol–water partition coefficient (Wildman–Crippen LogP) is 6.30. The Bertz CT molecular complexity index is 1020. The van der Waals surface area contributed by atoms with Gasteiger partial charge in [-0.2, -0.15) is 0 Å². The highest BCUT2D eigenvalue weighted by Crippen LogP contribution is 2.61. The molecule has 0 saturated heterocycles. The quantitative estimate of drug-likeness (QED) is 0.598. The molecule has 2 aromatic rings. The van der Waals surface area contributed by atoms with Crippen molar-refractivity contribution in [3.8, 4) is 0 Å². The molecule has 1 fully saturated rings. The first-order chi connectivity index (χ1) is 13.4. The number of rotatable bonds is 2. The number of allylic oxidation sites excluding steroid dienone is 10. The maximum atomic E-state index is 2.59. The average Bonchev–Trinajstić information content (AvgIpc) is 3.48. The highest BCUT2D eigenvalue weighted by molar-refractivity contribution is 5.79. The molecule has 6 rings (SSSR count). The Kier molecular flexibility index (Phi) is 3.14. The molecule has 0 heteroatoms. The van der Waals surface area contributed by atoms with Crippen LogP contribution in [0, 0.1) is 11.8 Å². The fourth-order valence-corrected chi connectivity index (χ4v) is 5.29. The minimum Gasteiger partial charge on any atom is -0.0804 e. The molecule has 4 aliphatic carbocycles. The first-order valence-electron chi connectivity index (χ1n) is 10.0. The first-order valence-corrected chi connectivity index (χ1v) is 10.0. The number of benzene rings is 2. The van der Waals surface area contributed by atoms with Crippen molar-refractivity contribution >= 4 is 0 Å². The van der Waals surface area contributed by atoms with Crippen molar-refractivity contribution < 1.29 is 0 Å². The molecule has 1 unspecified atom stereocenters. The first kappa shape index (κ1) is 15.2. The second-order valence-corrected chi connectivity index (χ2v) is 8.07. The molecule has 0 aromatic heterocycles. The lowest BCUT2D eigenvalue weighted by atomic mass is 9.65. The van der Waals surface area contributed by atoms with Gasteiger partial charge in [-0.1, -0.05) is 97.1 Å². The van der Waals surface area contributed by atoms with Gasteiger partial charge in [0, 0.05) is 0 Å². The van der Waals surface area contributed by atoms with E-state index in [4.69, 9.17) is 0 Å². The number of hydrogen-bond acceptors (Lipinski definition) is 0. The molecule has 0 N–H and O–H groups in total. The fraction of sp³-hybridized carbons (Fsp3) is 0.185. The predicted molar refractivity (Wildman–Crippen MR) is 111 cm³/mol. The van der Waals surface area contributed by atoms with Gasteiger partial charge in [0.25, 0.3) is 0 Å². The second kappa shape index (κ2) is 5.57. The molecule has 0 bridgehead atoms. The molecule has 2 aromatic carbocycles. The lowest BCUT2D eigenvalue weighted by Crippen LogP contribution is -2.30. The lowest BCUT2D eigenvalue weighted by Gasteiger charge is -2.36. The molecule has 4 aliphatic rings. The molecule has 2 atom stereocenters. The SMILES string of the molecule is C1=CC2=C(C=CC1)C(c1ccccc1)(c1ccccc1)C1=C[C@@H]3CC3C=C12. The molecule has 27 heavy (non-hydrogen) atoms. The van der Waals surface area contributed by atoms with Crippen LogP contribution in [0.1, 0.15) is 24.0 Å². The molecular weight excluding hydrogens is 324 g/mol. The van der Waals surface area contributed by atoms with E-state index in [1.165, 1.54) is 39.8 Å². The van der Waals surface area contributed by atoms with Gasteiger partial charge in [-0.25, -0.2) is 0 Å². The van der Waals surface area contributed by atoms with Gasteiger partial charge < -0.3 is 0 Å². The summed E-state index contributed by atoms with van der Waals surface area (Å²) in [5.41, 5.74) is 8.37. The standard InChI is InChI=1S/C27H22/c1-4-10-21(11-5-1)27(22-12-6-2-7-13-22)25-15-9-3-8-14-23(25)24-17-19-16-20(19)18-26(24)27/h1-2,4-15,17-20H,3,16H2/t19?,20-/m0/s1. The Balaban J connectivity index is 1.75. The van der Waals surface area contributed by atoms with Crippen LogP contribution in [-0.2, 0) is 5.41 Å². The summed E-state index contributed by atoms with van der Waals surface area (Å²) >= 11 is 0. The minimum atomic E-state index is -0.206. The molecule has 0 heterocycles. The molecule has 0 spiro atoms. The van der Waals surface area contributed by atoms with Crippen LogP contribution in [0.4, 0.5) is 0 Å². The summed E-state index contributed by atoms with van der Waals surface area (Å²) in [7, 11) is 0. The monoisotopic (exact) mass is 346 g/mol. The largest absolute Gasteiger partial charge is 0.0804 e. The summed E-state index contributed by atoms with van der Waals surface area (Å²) in [6.07, 6.45) is 16.9. The Morgan fingerprint density at radius 3 is 2.04 bits per heavy atom. The van der Waals surface area contributed by atoms with Crippen LogP contribution >= 0.6 is 0 Å². The molecule has 0 nitrogen and oxygen atoms in total. The van der Waals surface area contributed by atoms with E-state index in [0.29, 0.717) is 0 Å². The van der Waals surface area contributed by atoms with Crippen LogP contribution in [0.2, 0.25) is 0 Å². The Morgan fingerprint density at radius 2 is 1.33 bits per heavy atom. The minimum absolute atomic E-state index is 0.206. The van der Waals surface area contributed by atoms with Crippen LogP contribution in [0.15, 0.2) is 119 Å². The molecule has 130 valence electrons. The van der Waals surface area contributed by atoms with E-state index in [2.05, 4.69) is 97.1 Å². The van der Waals surface area contributed by atoms with Gasteiger partial charge in [0.05, 0.1) is 5.41 Å².